The molecule has 0 aliphatic heterocycles. The molecule has 0 atom stereocenters. The fraction of sp³-hybridized carbons (Fsp3) is 0.952. The highest BCUT2D eigenvalue weighted by Gasteiger charge is 2.02. The van der Waals surface area contributed by atoms with Gasteiger partial charge in [0.25, 0.3) is 0 Å². The van der Waals surface area contributed by atoms with Gasteiger partial charge in [0, 0.05) is 6.42 Å². The summed E-state index contributed by atoms with van der Waals surface area (Å²) in [6.07, 6.45) is 21.2. The number of esters is 1. The van der Waals surface area contributed by atoms with E-state index >= 15 is 0 Å². The summed E-state index contributed by atoms with van der Waals surface area (Å²) >= 11 is 0. The summed E-state index contributed by atoms with van der Waals surface area (Å²) in [5.41, 5.74) is 0. The molecule has 3 nitrogen and oxygen atoms in total. The summed E-state index contributed by atoms with van der Waals surface area (Å²) in [5, 5.41) is 0. The van der Waals surface area contributed by atoms with Crippen molar-refractivity contribution in [3.8, 4) is 0 Å². The van der Waals surface area contributed by atoms with Crippen LogP contribution in [0.4, 0.5) is 0 Å². The van der Waals surface area contributed by atoms with E-state index in [0.717, 1.165) is 12.8 Å². The second-order valence-electron chi connectivity index (χ2n) is 6.92. The van der Waals surface area contributed by atoms with Crippen LogP contribution in [-0.2, 0) is 9.53 Å². The zero-order chi connectivity index (χ0) is 17.0. The predicted molar refractivity (Wildman–Crippen MR) is 106 cm³/mol. The van der Waals surface area contributed by atoms with E-state index < -0.39 is 0 Å². The van der Waals surface area contributed by atoms with Gasteiger partial charge in [-0.3, -0.25) is 4.79 Å². The average molecular weight is 344 g/mol. The van der Waals surface area contributed by atoms with Gasteiger partial charge in [-0.1, -0.05) is 104 Å². The molecule has 0 unspecified atom stereocenters. The number of ether oxygens (including phenoxy) is 1. The summed E-state index contributed by atoms with van der Waals surface area (Å²) in [6, 6.07) is 0. The Morgan fingerprint density at radius 3 is 1.42 bits per heavy atom. The van der Waals surface area contributed by atoms with Gasteiger partial charge in [0.2, 0.25) is 0 Å². The molecular formula is C21H45NO2. The van der Waals surface area contributed by atoms with Crippen molar-refractivity contribution in [3.05, 3.63) is 0 Å². The first kappa shape index (κ1) is 25.7. The molecule has 0 bridgehead atoms. The van der Waals surface area contributed by atoms with E-state index in [1.165, 1.54) is 89.9 Å². The van der Waals surface area contributed by atoms with Crippen LogP contribution >= 0.6 is 0 Å². The SMILES string of the molecule is CCCCCCCCCCCCOC(=O)CCCCCCCC.N. The number of carbonyl (C=O) groups excluding carboxylic acids is 1. The van der Waals surface area contributed by atoms with E-state index in [-0.39, 0.29) is 12.1 Å². The van der Waals surface area contributed by atoms with Crippen molar-refractivity contribution >= 4 is 5.97 Å². The van der Waals surface area contributed by atoms with Crippen molar-refractivity contribution < 1.29 is 9.53 Å². The van der Waals surface area contributed by atoms with Crippen molar-refractivity contribution in [2.45, 2.75) is 123 Å². The first-order chi connectivity index (χ1) is 11.3. The summed E-state index contributed by atoms with van der Waals surface area (Å²) in [6.45, 7) is 5.12. The summed E-state index contributed by atoms with van der Waals surface area (Å²) in [4.78, 5) is 11.6. The largest absolute Gasteiger partial charge is 0.466 e. The van der Waals surface area contributed by atoms with Crippen LogP contribution in [0.5, 0.6) is 0 Å². The third-order valence-corrected chi connectivity index (χ3v) is 4.50. The third kappa shape index (κ3) is 21.4. The van der Waals surface area contributed by atoms with Crippen LogP contribution < -0.4 is 6.15 Å². The minimum atomic E-state index is 0. The molecule has 0 fully saturated rings. The Morgan fingerprint density at radius 1 is 0.583 bits per heavy atom. The quantitative estimate of drug-likeness (QED) is 0.209. The molecule has 0 aromatic rings. The zero-order valence-corrected chi connectivity index (χ0v) is 16.8. The third-order valence-electron chi connectivity index (χ3n) is 4.50. The molecule has 146 valence electrons. The molecule has 0 saturated carbocycles. The van der Waals surface area contributed by atoms with E-state index in [4.69, 9.17) is 4.74 Å². The van der Waals surface area contributed by atoms with Crippen LogP contribution in [0.2, 0.25) is 0 Å². The van der Waals surface area contributed by atoms with Crippen molar-refractivity contribution in [1.29, 1.82) is 0 Å². The van der Waals surface area contributed by atoms with Crippen molar-refractivity contribution in [3.63, 3.8) is 0 Å². The Bertz CT molecular complexity index is 244. The van der Waals surface area contributed by atoms with Crippen LogP contribution in [0.15, 0.2) is 0 Å². The van der Waals surface area contributed by atoms with E-state index in [2.05, 4.69) is 13.8 Å². The van der Waals surface area contributed by atoms with Gasteiger partial charge >= 0.3 is 5.97 Å². The Hall–Kier alpha value is -0.570. The first-order valence-electron chi connectivity index (χ1n) is 10.5. The molecule has 0 aromatic carbocycles. The molecule has 0 amide bonds. The van der Waals surface area contributed by atoms with Crippen LogP contribution in [0.25, 0.3) is 0 Å². The second-order valence-corrected chi connectivity index (χ2v) is 6.92. The van der Waals surface area contributed by atoms with Crippen LogP contribution in [0.1, 0.15) is 123 Å². The van der Waals surface area contributed by atoms with E-state index in [9.17, 15) is 4.79 Å². The molecule has 0 aromatic heterocycles. The highest BCUT2D eigenvalue weighted by molar-refractivity contribution is 5.69. The van der Waals surface area contributed by atoms with Crippen molar-refractivity contribution in [2.24, 2.45) is 0 Å². The lowest BCUT2D eigenvalue weighted by atomic mass is 10.1. The summed E-state index contributed by atoms with van der Waals surface area (Å²) in [5.74, 6) is 0.0106. The summed E-state index contributed by atoms with van der Waals surface area (Å²) in [7, 11) is 0. The number of unbranched alkanes of at least 4 members (excludes halogenated alkanes) is 14. The lowest BCUT2D eigenvalue weighted by Gasteiger charge is -2.05. The molecule has 0 radical (unpaired) electrons. The van der Waals surface area contributed by atoms with Gasteiger partial charge in [-0.05, 0) is 12.8 Å². The van der Waals surface area contributed by atoms with Gasteiger partial charge in [0.1, 0.15) is 0 Å². The van der Waals surface area contributed by atoms with Crippen molar-refractivity contribution in [2.75, 3.05) is 6.61 Å². The normalized spacial score (nSPS) is 10.4. The Kier molecular flexibility index (Phi) is 24.0. The Labute approximate surface area is 151 Å². The minimum Gasteiger partial charge on any atom is -0.466 e. The van der Waals surface area contributed by atoms with Gasteiger partial charge < -0.3 is 10.9 Å². The average Bonchev–Trinajstić information content (AvgIpc) is 2.56. The van der Waals surface area contributed by atoms with E-state index in [0.29, 0.717) is 13.0 Å². The number of hydrogen-bond acceptors (Lipinski definition) is 3. The zero-order valence-electron chi connectivity index (χ0n) is 16.8. The fourth-order valence-electron chi connectivity index (χ4n) is 2.90. The molecule has 0 rings (SSSR count). The molecule has 24 heavy (non-hydrogen) atoms. The van der Waals surface area contributed by atoms with Gasteiger partial charge in [0.05, 0.1) is 6.61 Å². The Morgan fingerprint density at radius 2 is 0.958 bits per heavy atom. The van der Waals surface area contributed by atoms with Crippen LogP contribution in [-0.4, -0.2) is 12.6 Å². The molecule has 0 saturated heterocycles. The van der Waals surface area contributed by atoms with Crippen molar-refractivity contribution in [1.82, 2.24) is 6.15 Å². The van der Waals surface area contributed by atoms with Gasteiger partial charge in [-0.2, -0.15) is 0 Å². The van der Waals surface area contributed by atoms with Gasteiger partial charge in [-0.25, -0.2) is 0 Å². The maximum absolute atomic E-state index is 11.6. The van der Waals surface area contributed by atoms with Gasteiger partial charge in [0.15, 0.2) is 0 Å². The monoisotopic (exact) mass is 343 g/mol. The lowest BCUT2D eigenvalue weighted by molar-refractivity contribution is -0.143. The minimum absolute atomic E-state index is 0. The highest BCUT2D eigenvalue weighted by atomic mass is 16.5. The number of hydrogen-bond donors (Lipinski definition) is 1. The first-order valence-corrected chi connectivity index (χ1v) is 10.5. The molecular weight excluding hydrogens is 298 g/mol. The smallest absolute Gasteiger partial charge is 0.305 e. The molecule has 3 N–H and O–H groups in total. The second kappa shape index (κ2) is 22.4. The predicted octanol–water partition coefficient (Wildman–Crippen LogP) is 7.36. The fourth-order valence-corrected chi connectivity index (χ4v) is 2.90. The molecule has 0 spiro atoms. The molecule has 0 aliphatic carbocycles. The number of rotatable bonds is 18. The van der Waals surface area contributed by atoms with E-state index in [1.54, 1.807) is 0 Å². The topological polar surface area (TPSA) is 61.3 Å². The van der Waals surface area contributed by atoms with Gasteiger partial charge in [-0.15, -0.1) is 0 Å². The molecule has 0 heterocycles. The number of carbonyl (C=O) groups is 1. The van der Waals surface area contributed by atoms with Crippen LogP contribution in [0.3, 0.4) is 0 Å². The maximum atomic E-state index is 11.6. The lowest BCUT2D eigenvalue weighted by Crippen LogP contribution is -2.05. The summed E-state index contributed by atoms with van der Waals surface area (Å²) < 4.78 is 5.30. The maximum Gasteiger partial charge on any atom is 0.305 e. The van der Waals surface area contributed by atoms with Crippen LogP contribution in [0, 0.1) is 0 Å². The molecule has 3 heteroatoms. The highest BCUT2D eigenvalue weighted by Crippen LogP contribution is 2.11. The van der Waals surface area contributed by atoms with E-state index in [1.807, 2.05) is 0 Å². The Balaban J connectivity index is 0. The molecule has 0 aliphatic rings. The standard InChI is InChI=1S/C21H42O2.H3N/c1-3-5-7-9-11-12-13-14-16-18-20-23-21(22)19-17-15-10-8-6-4-2;/h3-20H2,1-2H3;1H3.